The van der Waals surface area contributed by atoms with Gasteiger partial charge in [0.25, 0.3) is 5.91 Å². The number of nitrogens with zero attached hydrogens (tertiary/aromatic N) is 2. The summed E-state index contributed by atoms with van der Waals surface area (Å²) >= 11 is 0. The average molecular weight is 314 g/mol. The molecule has 1 aromatic carbocycles. The molecule has 0 spiro atoms. The number of aryl methyl sites for hydroxylation is 1. The van der Waals surface area contributed by atoms with Crippen LogP contribution in [0.3, 0.4) is 0 Å². The molecule has 6 nitrogen and oxygen atoms in total. The van der Waals surface area contributed by atoms with Gasteiger partial charge in [-0.05, 0) is 17.5 Å². The summed E-state index contributed by atoms with van der Waals surface area (Å²) in [5.74, 6) is 0.0832. The third-order valence-electron chi connectivity index (χ3n) is 3.29. The van der Waals surface area contributed by atoms with Gasteiger partial charge in [-0.25, -0.2) is 0 Å². The number of benzene rings is 1. The molecule has 0 saturated heterocycles. The molecule has 2 rings (SSSR count). The predicted molar refractivity (Wildman–Crippen MR) is 88.9 cm³/mol. The van der Waals surface area contributed by atoms with Gasteiger partial charge >= 0.3 is 0 Å². The zero-order valence-electron chi connectivity index (χ0n) is 13.7. The van der Waals surface area contributed by atoms with Crippen LogP contribution in [0, 0.1) is 5.92 Å². The first-order valence-corrected chi connectivity index (χ1v) is 7.60. The normalized spacial score (nSPS) is 10.6. The van der Waals surface area contributed by atoms with E-state index in [-0.39, 0.29) is 11.8 Å². The number of rotatable bonds is 6. The number of hydrogen-bond acceptors (Lipinski definition) is 3. The van der Waals surface area contributed by atoms with Crippen LogP contribution >= 0.6 is 0 Å². The molecule has 0 aliphatic carbocycles. The van der Waals surface area contributed by atoms with Crippen molar-refractivity contribution in [3.05, 3.63) is 47.8 Å². The molecule has 2 aromatic rings. The number of nitrogens with one attached hydrogen (secondary N) is 2. The van der Waals surface area contributed by atoms with Gasteiger partial charge in [0, 0.05) is 31.9 Å². The van der Waals surface area contributed by atoms with Crippen LogP contribution in [0.2, 0.25) is 0 Å². The number of anilines is 1. The molecule has 1 aromatic heterocycles. The third kappa shape index (κ3) is 4.95. The molecular formula is C17H22N4O2. The van der Waals surface area contributed by atoms with E-state index < -0.39 is 0 Å². The molecule has 0 aliphatic heterocycles. The van der Waals surface area contributed by atoms with Crippen molar-refractivity contribution in [1.82, 2.24) is 15.1 Å². The van der Waals surface area contributed by atoms with Gasteiger partial charge < -0.3 is 10.6 Å². The summed E-state index contributed by atoms with van der Waals surface area (Å²) in [5.41, 5.74) is 2.10. The lowest BCUT2D eigenvalue weighted by Crippen LogP contribution is -2.23. The Labute approximate surface area is 135 Å². The second-order valence-electron chi connectivity index (χ2n) is 5.89. The average Bonchev–Trinajstić information content (AvgIpc) is 2.92. The van der Waals surface area contributed by atoms with E-state index in [2.05, 4.69) is 15.7 Å². The molecule has 0 saturated carbocycles. The first-order chi connectivity index (χ1) is 11.0. The van der Waals surface area contributed by atoms with Gasteiger partial charge in [0.15, 0.2) is 0 Å². The summed E-state index contributed by atoms with van der Waals surface area (Å²) in [6.07, 6.45) is 3.65. The van der Waals surface area contributed by atoms with Crippen LogP contribution in [-0.2, 0) is 18.4 Å². The summed E-state index contributed by atoms with van der Waals surface area (Å²) in [6, 6.07) is 7.46. The molecule has 0 fully saturated rings. The maximum Gasteiger partial charge on any atom is 0.254 e. The van der Waals surface area contributed by atoms with Crippen molar-refractivity contribution in [2.45, 2.75) is 26.8 Å². The van der Waals surface area contributed by atoms with E-state index in [1.54, 1.807) is 17.9 Å². The van der Waals surface area contributed by atoms with Crippen LogP contribution in [0.4, 0.5) is 5.69 Å². The first kappa shape index (κ1) is 16.7. The van der Waals surface area contributed by atoms with Gasteiger partial charge in [0.1, 0.15) is 0 Å². The maximum absolute atomic E-state index is 12.1. The Morgan fingerprint density at radius 1 is 1.26 bits per heavy atom. The van der Waals surface area contributed by atoms with Crippen LogP contribution in [0.15, 0.2) is 36.7 Å². The summed E-state index contributed by atoms with van der Waals surface area (Å²) in [6.45, 7) is 4.34. The van der Waals surface area contributed by atoms with Gasteiger partial charge in [-0.1, -0.05) is 32.0 Å². The Hall–Kier alpha value is -2.63. The van der Waals surface area contributed by atoms with Crippen molar-refractivity contribution in [1.29, 1.82) is 0 Å². The van der Waals surface area contributed by atoms with Gasteiger partial charge in [-0.15, -0.1) is 0 Å². The van der Waals surface area contributed by atoms with Crippen LogP contribution in [0.25, 0.3) is 0 Å². The number of amides is 2. The van der Waals surface area contributed by atoms with E-state index >= 15 is 0 Å². The number of para-hydroxylation sites is 1. The van der Waals surface area contributed by atoms with E-state index in [1.165, 1.54) is 6.20 Å². The summed E-state index contributed by atoms with van der Waals surface area (Å²) in [4.78, 5) is 24.0. The smallest absolute Gasteiger partial charge is 0.254 e. The summed E-state index contributed by atoms with van der Waals surface area (Å²) in [7, 11) is 1.76. The predicted octanol–water partition coefficient (Wildman–Crippen LogP) is 2.33. The van der Waals surface area contributed by atoms with Gasteiger partial charge in [-0.2, -0.15) is 5.10 Å². The molecular weight excluding hydrogens is 292 g/mol. The highest BCUT2D eigenvalue weighted by molar-refractivity contribution is 5.94. The Morgan fingerprint density at radius 3 is 2.65 bits per heavy atom. The monoisotopic (exact) mass is 314 g/mol. The molecule has 122 valence electrons. The molecule has 6 heteroatoms. The number of hydrogen-bond donors (Lipinski definition) is 2. The lowest BCUT2D eigenvalue weighted by molar-refractivity contribution is -0.116. The van der Waals surface area contributed by atoms with E-state index in [9.17, 15) is 9.59 Å². The fourth-order valence-corrected chi connectivity index (χ4v) is 2.18. The zero-order valence-corrected chi connectivity index (χ0v) is 13.7. The Kier molecular flexibility index (Phi) is 5.51. The lowest BCUT2D eigenvalue weighted by Gasteiger charge is -2.12. The second-order valence-corrected chi connectivity index (χ2v) is 5.89. The zero-order chi connectivity index (χ0) is 16.8. The molecule has 1 heterocycles. The van der Waals surface area contributed by atoms with Crippen LogP contribution in [0.1, 0.15) is 36.2 Å². The summed E-state index contributed by atoms with van der Waals surface area (Å²) < 4.78 is 1.58. The second kappa shape index (κ2) is 7.58. The van der Waals surface area contributed by atoms with Crippen LogP contribution < -0.4 is 10.6 Å². The molecule has 0 bridgehead atoms. The molecule has 2 amide bonds. The minimum atomic E-state index is -0.193. The van der Waals surface area contributed by atoms with Gasteiger partial charge in [0.05, 0.1) is 11.8 Å². The fourth-order valence-electron chi connectivity index (χ4n) is 2.18. The van der Waals surface area contributed by atoms with E-state index in [0.717, 1.165) is 11.3 Å². The lowest BCUT2D eigenvalue weighted by atomic mass is 10.1. The van der Waals surface area contributed by atoms with Crippen LogP contribution in [-0.4, -0.2) is 21.6 Å². The van der Waals surface area contributed by atoms with Gasteiger partial charge in [0.2, 0.25) is 5.91 Å². The number of aromatic nitrogens is 2. The quantitative estimate of drug-likeness (QED) is 0.859. The topological polar surface area (TPSA) is 76.0 Å². The highest BCUT2D eigenvalue weighted by Crippen LogP contribution is 2.16. The fraction of sp³-hybridized carbons (Fsp3) is 0.353. The van der Waals surface area contributed by atoms with Crippen LogP contribution in [0.5, 0.6) is 0 Å². The minimum absolute atomic E-state index is 0.0222. The minimum Gasteiger partial charge on any atom is -0.348 e. The van der Waals surface area contributed by atoms with E-state index in [4.69, 9.17) is 0 Å². The maximum atomic E-state index is 12.1. The standard InChI is InChI=1S/C17H22N4O2/c1-12(2)8-16(22)20-15-7-5-4-6-13(15)9-18-17(23)14-10-19-21(3)11-14/h4-7,10-12H,8-9H2,1-3H3,(H,18,23)(H,20,22). The van der Waals surface area contributed by atoms with Gasteiger partial charge in [-0.3, -0.25) is 14.3 Å². The van der Waals surface area contributed by atoms with Crippen molar-refractivity contribution in [2.24, 2.45) is 13.0 Å². The molecule has 0 atom stereocenters. The van der Waals surface area contributed by atoms with Crippen molar-refractivity contribution in [3.8, 4) is 0 Å². The number of carbonyl (C=O) groups is 2. The van der Waals surface area contributed by atoms with E-state index in [0.29, 0.717) is 24.4 Å². The van der Waals surface area contributed by atoms with E-state index in [1.807, 2.05) is 38.1 Å². The molecule has 2 N–H and O–H groups in total. The Bertz CT molecular complexity index is 691. The number of carbonyl (C=O) groups excluding carboxylic acids is 2. The Balaban J connectivity index is 2.00. The van der Waals surface area contributed by atoms with Crippen molar-refractivity contribution in [3.63, 3.8) is 0 Å². The largest absolute Gasteiger partial charge is 0.348 e. The third-order valence-corrected chi connectivity index (χ3v) is 3.29. The van der Waals surface area contributed by atoms with Crippen molar-refractivity contribution >= 4 is 17.5 Å². The molecule has 23 heavy (non-hydrogen) atoms. The Morgan fingerprint density at radius 2 is 2.00 bits per heavy atom. The van der Waals surface area contributed by atoms with Crippen molar-refractivity contribution < 1.29 is 9.59 Å². The molecule has 0 unspecified atom stereocenters. The molecule has 0 aliphatic rings. The molecule has 0 radical (unpaired) electrons. The van der Waals surface area contributed by atoms with Crippen molar-refractivity contribution in [2.75, 3.05) is 5.32 Å². The highest BCUT2D eigenvalue weighted by Gasteiger charge is 2.11. The highest BCUT2D eigenvalue weighted by atomic mass is 16.2. The SMILES string of the molecule is CC(C)CC(=O)Nc1ccccc1CNC(=O)c1cnn(C)c1. The summed E-state index contributed by atoms with van der Waals surface area (Å²) in [5, 5.41) is 9.72. The first-order valence-electron chi connectivity index (χ1n) is 7.60.